The molecule has 2 aromatic rings. The molecule has 0 radical (unpaired) electrons. The number of nitrogens with zero attached hydrogens (tertiary/aromatic N) is 1. The molecule has 0 fully saturated rings. The highest BCUT2D eigenvalue weighted by Gasteiger charge is 2.36. The number of rotatable bonds is 3. The molecule has 6 nitrogen and oxygen atoms in total. The summed E-state index contributed by atoms with van der Waals surface area (Å²) in [5.41, 5.74) is 2.99. The summed E-state index contributed by atoms with van der Waals surface area (Å²) in [5, 5.41) is 0. The van der Waals surface area contributed by atoms with E-state index in [1.165, 1.54) is 0 Å². The molecular formula is C21H26N2O4S. The molecule has 150 valence electrons. The molecule has 3 rings (SSSR count). The number of hydrogen-bond acceptors (Lipinski definition) is 4. The maximum Gasteiger partial charge on any atom is 0.262 e. The highest BCUT2D eigenvalue weighted by Crippen LogP contribution is 2.37. The van der Waals surface area contributed by atoms with Crippen LogP contribution in [-0.2, 0) is 14.8 Å². The van der Waals surface area contributed by atoms with Crippen molar-refractivity contribution in [2.24, 2.45) is 5.41 Å². The van der Waals surface area contributed by atoms with Gasteiger partial charge in [0, 0.05) is 13.1 Å². The smallest absolute Gasteiger partial charge is 0.262 e. The Morgan fingerprint density at radius 3 is 2.36 bits per heavy atom. The number of ether oxygens (including phenoxy) is 1. The second-order valence-corrected chi connectivity index (χ2v) is 9.68. The van der Waals surface area contributed by atoms with E-state index in [2.05, 4.69) is 4.72 Å². The van der Waals surface area contributed by atoms with E-state index >= 15 is 0 Å². The molecule has 0 saturated carbocycles. The zero-order valence-electron chi connectivity index (χ0n) is 17.1. The van der Waals surface area contributed by atoms with Crippen LogP contribution in [0.3, 0.4) is 0 Å². The van der Waals surface area contributed by atoms with Crippen LogP contribution in [0.1, 0.15) is 30.5 Å². The topological polar surface area (TPSA) is 75.7 Å². The Morgan fingerprint density at radius 2 is 1.68 bits per heavy atom. The van der Waals surface area contributed by atoms with Crippen LogP contribution in [0.2, 0.25) is 0 Å². The van der Waals surface area contributed by atoms with Crippen molar-refractivity contribution in [3.63, 3.8) is 0 Å². The summed E-state index contributed by atoms with van der Waals surface area (Å²) < 4.78 is 34.3. The molecule has 0 unspecified atom stereocenters. The second-order valence-electron chi connectivity index (χ2n) is 8.03. The molecule has 28 heavy (non-hydrogen) atoms. The highest BCUT2D eigenvalue weighted by atomic mass is 32.2. The fourth-order valence-corrected chi connectivity index (χ4v) is 4.65. The lowest BCUT2D eigenvalue weighted by atomic mass is 9.93. The van der Waals surface area contributed by atoms with E-state index in [9.17, 15) is 13.2 Å². The van der Waals surface area contributed by atoms with E-state index in [-0.39, 0.29) is 17.4 Å². The van der Waals surface area contributed by atoms with Gasteiger partial charge in [0.2, 0.25) is 5.91 Å². The Hall–Kier alpha value is -2.54. The van der Waals surface area contributed by atoms with Crippen LogP contribution < -0.4 is 14.4 Å². The van der Waals surface area contributed by atoms with Gasteiger partial charge in [-0.3, -0.25) is 9.52 Å². The Bertz CT molecular complexity index is 1060. The summed E-state index contributed by atoms with van der Waals surface area (Å²) in [7, 11) is -2.06. The lowest BCUT2D eigenvalue weighted by Crippen LogP contribution is -2.39. The molecule has 1 amide bonds. The van der Waals surface area contributed by atoms with Gasteiger partial charge in [-0.25, -0.2) is 8.42 Å². The van der Waals surface area contributed by atoms with E-state index < -0.39 is 15.4 Å². The van der Waals surface area contributed by atoms with Crippen molar-refractivity contribution in [3.8, 4) is 5.75 Å². The van der Waals surface area contributed by atoms with Crippen molar-refractivity contribution < 1.29 is 17.9 Å². The van der Waals surface area contributed by atoms with E-state index in [1.807, 2.05) is 33.8 Å². The van der Waals surface area contributed by atoms with Crippen molar-refractivity contribution in [2.75, 3.05) is 23.3 Å². The van der Waals surface area contributed by atoms with Crippen molar-refractivity contribution in [2.45, 2.75) is 39.5 Å². The predicted molar refractivity (Wildman–Crippen MR) is 111 cm³/mol. The van der Waals surface area contributed by atoms with Crippen LogP contribution >= 0.6 is 0 Å². The zero-order valence-corrected chi connectivity index (χ0v) is 17.9. The summed E-state index contributed by atoms with van der Waals surface area (Å²) in [6.07, 6.45) is 0. The van der Waals surface area contributed by atoms with Gasteiger partial charge in [0.15, 0.2) is 0 Å². The van der Waals surface area contributed by atoms with Crippen LogP contribution in [-0.4, -0.2) is 28.0 Å². The third kappa shape index (κ3) is 3.58. The van der Waals surface area contributed by atoms with E-state index in [4.69, 9.17) is 4.74 Å². The summed E-state index contributed by atoms with van der Waals surface area (Å²) in [5.74, 6) is 0.420. The first-order valence-electron chi connectivity index (χ1n) is 9.08. The van der Waals surface area contributed by atoms with Gasteiger partial charge in [0.25, 0.3) is 10.0 Å². The Balaban J connectivity index is 1.96. The van der Waals surface area contributed by atoms with Crippen LogP contribution in [0.4, 0.5) is 11.4 Å². The number of amides is 1. The summed E-state index contributed by atoms with van der Waals surface area (Å²) in [6, 6.07) is 8.50. The minimum Gasteiger partial charge on any atom is -0.490 e. The molecule has 1 aliphatic heterocycles. The number of aryl methyl sites for hydroxylation is 3. The van der Waals surface area contributed by atoms with Gasteiger partial charge in [-0.05, 0) is 69.5 Å². The number of hydrogen-bond donors (Lipinski definition) is 1. The van der Waals surface area contributed by atoms with Crippen molar-refractivity contribution >= 4 is 27.3 Å². The molecular weight excluding hydrogens is 376 g/mol. The van der Waals surface area contributed by atoms with Gasteiger partial charge in [-0.2, -0.15) is 0 Å². The number of carbonyl (C=O) groups excluding carboxylic acids is 1. The SMILES string of the molecule is Cc1cc(C)c(S(=O)(=O)Nc2ccc3c(c2)OCC(C)(C)C(=O)N3C)cc1C. The number of anilines is 2. The number of carbonyl (C=O) groups is 1. The van der Waals surface area contributed by atoms with Gasteiger partial charge < -0.3 is 9.64 Å². The van der Waals surface area contributed by atoms with Gasteiger partial charge in [-0.1, -0.05) is 6.07 Å². The fourth-order valence-electron chi connectivity index (χ4n) is 3.29. The average molecular weight is 403 g/mol. The largest absolute Gasteiger partial charge is 0.490 e. The molecule has 1 N–H and O–H groups in total. The molecule has 0 bridgehead atoms. The average Bonchev–Trinajstić information content (AvgIpc) is 2.68. The number of sulfonamides is 1. The monoisotopic (exact) mass is 402 g/mol. The molecule has 0 atom stereocenters. The third-order valence-electron chi connectivity index (χ3n) is 5.13. The van der Waals surface area contributed by atoms with Crippen molar-refractivity contribution in [1.29, 1.82) is 0 Å². The Morgan fingerprint density at radius 1 is 1.04 bits per heavy atom. The molecule has 0 aromatic heterocycles. The Kier molecular flexibility index (Phi) is 4.91. The quantitative estimate of drug-likeness (QED) is 0.847. The van der Waals surface area contributed by atoms with Crippen LogP contribution in [0.25, 0.3) is 0 Å². The molecule has 1 aliphatic rings. The first kappa shape index (κ1) is 20.2. The molecule has 7 heteroatoms. The van der Waals surface area contributed by atoms with Gasteiger partial charge in [0.1, 0.15) is 12.4 Å². The van der Waals surface area contributed by atoms with E-state index in [0.717, 1.165) is 11.1 Å². The fraction of sp³-hybridized carbons (Fsp3) is 0.381. The minimum absolute atomic E-state index is 0.0506. The van der Waals surface area contributed by atoms with Gasteiger partial charge in [-0.15, -0.1) is 0 Å². The third-order valence-corrected chi connectivity index (χ3v) is 6.65. The lowest BCUT2D eigenvalue weighted by molar-refractivity contribution is -0.127. The number of benzene rings is 2. The maximum absolute atomic E-state index is 12.9. The molecule has 1 heterocycles. The van der Waals surface area contributed by atoms with Gasteiger partial charge >= 0.3 is 0 Å². The standard InChI is InChI=1S/C21H26N2O4S/c1-13-9-15(3)19(10-14(13)2)28(25,26)22-16-7-8-17-18(11-16)27-12-21(4,5)20(24)23(17)6/h7-11,22H,12H2,1-6H3. The molecule has 0 saturated heterocycles. The maximum atomic E-state index is 12.9. The zero-order chi connectivity index (χ0) is 20.9. The second kappa shape index (κ2) is 6.81. The van der Waals surface area contributed by atoms with E-state index in [0.29, 0.717) is 22.7 Å². The first-order valence-corrected chi connectivity index (χ1v) is 10.6. The van der Waals surface area contributed by atoms with Crippen LogP contribution in [0.5, 0.6) is 5.75 Å². The minimum atomic E-state index is -3.75. The predicted octanol–water partition coefficient (Wildman–Crippen LogP) is 3.79. The summed E-state index contributed by atoms with van der Waals surface area (Å²) >= 11 is 0. The normalized spacial score (nSPS) is 16.2. The van der Waals surface area contributed by atoms with Crippen LogP contribution in [0, 0.1) is 26.2 Å². The molecule has 2 aromatic carbocycles. The number of nitrogens with one attached hydrogen (secondary N) is 1. The van der Waals surface area contributed by atoms with E-state index in [1.54, 1.807) is 43.1 Å². The highest BCUT2D eigenvalue weighted by molar-refractivity contribution is 7.92. The van der Waals surface area contributed by atoms with Crippen molar-refractivity contribution in [1.82, 2.24) is 0 Å². The number of fused-ring (bicyclic) bond motifs is 1. The van der Waals surface area contributed by atoms with Gasteiger partial charge in [0.05, 0.1) is 21.7 Å². The van der Waals surface area contributed by atoms with Crippen molar-refractivity contribution in [3.05, 3.63) is 47.0 Å². The molecule has 0 spiro atoms. The summed E-state index contributed by atoms with van der Waals surface area (Å²) in [6.45, 7) is 9.49. The lowest BCUT2D eigenvalue weighted by Gasteiger charge is -2.24. The summed E-state index contributed by atoms with van der Waals surface area (Å²) in [4.78, 5) is 14.4. The Labute approximate surface area is 166 Å². The van der Waals surface area contributed by atoms with Crippen LogP contribution in [0.15, 0.2) is 35.2 Å². The first-order chi connectivity index (χ1) is 12.9. The molecule has 0 aliphatic carbocycles.